The summed E-state index contributed by atoms with van der Waals surface area (Å²) >= 11 is 0. The molecule has 3 aromatic rings. The Bertz CT molecular complexity index is 1030. The average molecular weight is 371 g/mol. The number of hydrogen-bond acceptors (Lipinski definition) is 4. The zero-order valence-electron chi connectivity index (χ0n) is 15.7. The first-order chi connectivity index (χ1) is 13.7. The third-order valence-electron chi connectivity index (χ3n) is 5.10. The van der Waals surface area contributed by atoms with E-state index in [2.05, 4.69) is 39.9 Å². The maximum atomic E-state index is 12.9. The Hall–Kier alpha value is -3.46. The van der Waals surface area contributed by atoms with Gasteiger partial charge in [0.05, 0.1) is 24.2 Å². The maximum absolute atomic E-state index is 12.9. The van der Waals surface area contributed by atoms with Gasteiger partial charge in [-0.15, -0.1) is 10.2 Å². The van der Waals surface area contributed by atoms with E-state index in [1.54, 1.807) is 29.2 Å². The summed E-state index contributed by atoms with van der Waals surface area (Å²) < 4.78 is 2.17. The summed E-state index contributed by atoms with van der Waals surface area (Å²) in [6.07, 6.45) is 1.73. The Labute approximate surface area is 164 Å². The van der Waals surface area contributed by atoms with E-state index in [9.17, 15) is 4.79 Å². The zero-order valence-corrected chi connectivity index (χ0v) is 15.7. The molecule has 0 radical (unpaired) electrons. The number of rotatable bonds is 4. The predicted octanol–water partition coefficient (Wildman–Crippen LogP) is 3.15. The van der Waals surface area contributed by atoms with Crippen LogP contribution in [-0.2, 0) is 19.4 Å². The molecule has 28 heavy (non-hydrogen) atoms. The van der Waals surface area contributed by atoms with E-state index in [-0.39, 0.29) is 11.9 Å². The predicted molar refractivity (Wildman–Crippen MR) is 104 cm³/mol. The smallest absolute Gasteiger partial charge is 0.254 e. The van der Waals surface area contributed by atoms with Crippen LogP contribution < -0.4 is 0 Å². The van der Waals surface area contributed by atoms with Crippen LogP contribution in [0.3, 0.4) is 0 Å². The normalized spacial score (nSPS) is 15.7. The second-order valence-corrected chi connectivity index (χ2v) is 7.12. The number of amides is 1. The van der Waals surface area contributed by atoms with Gasteiger partial charge >= 0.3 is 0 Å². The lowest BCUT2D eigenvalue weighted by molar-refractivity contribution is 0.0679. The fraction of sp³-hybridized carbons (Fsp3) is 0.273. The number of aromatic nitrogens is 3. The molecular weight excluding hydrogens is 350 g/mol. The van der Waals surface area contributed by atoms with Gasteiger partial charge in [-0.05, 0) is 37.1 Å². The van der Waals surface area contributed by atoms with E-state index < -0.39 is 0 Å². The van der Waals surface area contributed by atoms with Crippen LogP contribution in [0.2, 0.25) is 0 Å². The van der Waals surface area contributed by atoms with Crippen molar-refractivity contribution in [2.24, 2.45) is 0 Å². The van der Waals surface area contributed by atoms with Crippen molar-refractivity contribution in [1.82, 2.24) is 19.7 Å². The molecule has 0 N–H and O–H groups in total. The highest BCUT2D eigenvalue weighted by atomic mass is 16.2. The Kier molecular flexibility index (Phi) is 4.90. The molecule has 0 spiro atoms. The molecule has 1 amide bonds. The van der Waals surface area contributed by atoms with Crippen LogP contribution in [0.4, 0.5) is 0 Å². The Morgan fingerprint density at radius 3 is 2.75 bits per heavy atom. The lowest BCUT2D eigenvalue weighted by Gasteiger charge is -2.32. The summed E-state index contributed by atoms with van der Waals surface area (Å²) in [4.78, 5) is 14.7. The molecule has 2 heterocycles. The van der Waals surface area contributed by atoms with Crippen LogP contribution in [0.1, 0.15) is 46.1 Å². The highest BCUT2D eigenvalue weighted by molar-refractivity contribution is 5.94. The first-order valence-corrected chi connectivity index (χ1v) is 9.41. The van der Waals surface area contributed by atoms with Gasteiger partial charge in [0, 0.05) is 18.5 Å². The minimum Gasteiger partial charge on any atom is -0.329 e. The highest BCUT2D eigenvalue weighted by Crippen LogP contribution is 2.24. The molecule has 140 valence electrons. The number of carbonyl (C=O) groups excluding carboxylic acids is 1. The quantitative estimate of drug-likeness (QED) is 0.706. The van der Waals surface area contributed by atoms with Gasteiger partial charge in [-0.25, -0.2) is 0 Å². The largest absolute Gasteiger partial charge is 0.329 e. The molecule has 0 fully saturated rings. The molecule has 1 aliphatic rings. The zero-order chi connectivity index (χ0) is 19.5. The van der Waals surface area contributed by atoms with Gasteiger partial charge in [-0.2, -0.15) is 5.26 Å². The molecule has 0 bridgehead atoms. The standard InChI is InChI=1S/C22H21N5O/c1-16-14-26(22(28)19-9-5-8-18(12-19)13-23)15-21-25-24-20(27(16)21)11-10-17-6-3-2-4-7-17/h2-9,12,16H,10-11,14-15H2,1H3/t16-/m0/s1. The molecule has 6 nitrogen and oxygen atoms in total. The molecule has 1 aliphatic heterocycles. The highest BCUT2D eigenvalue weighted by Gasteiger charge is 2.29. The van der Waals surface area contributed by atoms with Gasteiger partial charge in [-0.3, -0.25) is 4.79 Å². The number of fused-ring (bicyclic) bond motifs is 1. The van der Waals surface area contributed by atoms with Crippen molar-refractivity contribution in [3.63, 3.8) is 0 Å². The second-order valence-electron chi connectivity index (χ2n) is 7.12. The lowest BCUT2D eigenvalue weighted by atomic mass is 10.1. The van der Waals surface area contributed by atoms with Crippen LogP contribution in [0.25, 0.3) is 0 Å². The van der Waals surface area contributed by atoms with Crippen LogP contribution >= 0.6 is 0 Å². The number of benzene rings is 2. The molecule has 1 atom stereocenters. The van der Waals surface area contributed by atoms with E-state index in [1.807, 2.05) is 18.2 Å². The fourth-order valence-electron chi connectivity index (χ4n) is 3.74. The first-order valence-electron chi connectivity index (χ1n) is 9.41. The van der Waals surface area contributed by atoms with Crippen molar-refractivity contribution >= 4 is 5.91 Å². The number of nitriles is 1. The van der Waals surface area contributed by atoms with Crippen LogP contribution in [-0.4, -0.2) is 32.1 Å². The van der Waals surface area contributed by atoms with Crippen molar-refractivity contribution < 1.29 is 4.79 Å². The number of carbonyl (C=O) groups is 1. The summed E-state index contributed by atoms with van der Waals surface area (Å²) in [5, 5.41) is 17.8. The maximum Gasteiger partial charge on any atom is 0.254 e. The van der Waals surface area contributed by atoms with Gasteiger partial charge in [0.1, 0.15) is 5.82 Å². The fourth-order valence-corrected chi connectivity index (χ4v) is 3.74. The average Bonchev–Trinajstić information content (AvgIpc) is 3.16. The SMILES string of the molecule is C[C@H]1CN(C(=O)c2cccc(C#N)c2)Cc2nnc(CCc3ccccc3)n21. The van der Waals surface area contributed by atoms with Crippen LogP contribution in [0.15, 0.2) is 54.6 Å². The summed E-state index contributed by atoms with van der Waals surface area (Å²) in [5.41, 5.74) is 2.29. The van der Waals surface area contributed by atoms with Crippen LogP contribution in [0, 0.1) is 11.3 Å². The molecule has 0 saturated carbocycles. The Morgan fingerprint density at radius 2 is 1.96 bits per heavy atom. The number of nitrogens with zero attached hydrogens (tertiary/aromatic N) is 5. The Morgan fingerprint density at radius 1 is 1.14 bits per heavy atom. The van der Waals surface area contributed by atoms with Gasteiger partial charge < -0.3 is 9.47 Å². The number of aryl methyl sites for hydroxylation is 2. The minimum absolute atomic E-state index is 0.0796. The summed E-state index contributed by atoms with van der Waals surface area (Å²) in [7, 11) is 0. The molecule has 2 aromatic carbocycles. The van der Waals surface area contributed by atoms with Gasteiger partial charge in [0.15, 0.2) is 5.82 Å². The van der Waals surface area contributed by atoms with E-state index in [1.165, 1.54) is 5.56 Å². The molecule has 4 rings (SSSR count). The van der Waals surface area contributed by atoms with E-state index in [0.717, 1.165) is 24.5 Å². The molecule has 0 saturated heterocycles. The third-order valence-corrected chi connectivity index (χ3v) is 5.10. The van der Waals surface area contributed by atoms with Gasteiger partial charge in [-0.1, -0.05) is 36.4 Å². The minimum atomic E-state index is -0.0796. The van der Waals surface area contributed by atoms with Crippen molar-refractivity contribution in [1.29, 1.82) is 5.26 Å². The Balaban J connectivity index is 1.51. The van der Waals surface area contributed by atoms with Crippen molar-refractivity contribution in [2.45, 2.75) is 32.4 Å². The molecule has 0 aliphatic carbocycles. The molecular formula is C22H21N5O. The van der Waals surface area contributed by atoms with E-state index >= 15 is 0 Å². The van der Waals surface area contributed by atoms with Gasteiger partial charge in [0.25, 0.3) is 5.91 Å². The number of hydrogen-bond donors (Lipinski definition) is 0. The molecule has 1 aromatic heterocycles. The first kappa shape index (κ1) is 17.9. The molecule has 0 unspecified atom stereocenters. The monoisotopic (exact) mass is 371 g/mol. The van der Waals surface area contributed by atoms with Crippen LogP contribution in [0.5, 0.6) is 0 Å². The third kappa shape index (κ3) is 3.52. The van der Waals surface area contributed by atoms with E-state index in [4.69, 9.17) is 5.26 Å². The summed E-state index contributed by atoms with van der Waals surface area (Å²) in [5.74, 6) is 1.69. The van der Waals surface area contributed by atoms with Crippen molar-refractivity contribution in [2.75, 3.05) is 6.54 Å². The van der Waals surface area contributed by atoms with Crippen molar-refractivity contribution in [3.8, 4) is 6.07 Å². The lowest BCUT2D eigenvalue weighted by Crippen LogP contribution is -2.40. The summed E-state index contributed by atoms with van der Waals surface area (Å²) in [6, 6.07) is 19.4. The van der Waals surface area contributed by atoms with Gasteiger partial charge in [0.2, 0.25) is 0 Å². The van der Waals surface area contributed by atoms with Crippen molar-refractivity contribution in [3.05, 3.63) is 82.9 Å². The topological polar surface area (TPSA) is 74.8 Å². The second kappa shape index (κ2) is 7.65. The molecule has 6 heteroatoms. The van der Waals surface area contributed by atoms with E-state index in [0.29, 0.717) is 24.2 Å². The summed E-state index contributed by atoms with van der Waals surface area (Å²) in [6.45, 7) is 3.11.